The average molecular weight is 289 g/mol. The predicted octanol–water partition coefficient (Wildman–Crippen LogP) is 3.20. The number of carbonyl (C=O) groups is 1. The number of thioether (sulfide) groups is 1. The SMILES string of the molecule is O=C(O)c1cc(SCC2CCCO2)nc2ccccc12. The Morgan fingerprint density at radius 3 is 3.05 bits per heavy atom. The Balaban J connectivity index is 1.88. The Morgan fingerprint density at radius 2 is 2.30 bits per heavy atom. The molecule has 1 unspecified atom stereocenters. The lowest BCUT2D eigenvalue weighted by Crippen LogP contribution is -2.08. The second kappa shape index (κ2) is 5.81. The number of hydrogen-bond donors (Lipinski definition) is 1. The lowest BCUT2D eigenvalue weighted by molar-refractivity contribution is 0.0698. The molecule has 1 aromatic carbocycles. The summed E-state index contributed by atoms with van der Waals surface area (Å²) in [7, 11) is 0. The predicted molar refractivity (Wildman–Crippen MR) is 78.4 cm³/mol. The summed E-state index contributed by atoms with van der Waals surface area (Å²) in [5, 5.41) is 10.8. The summed E-state index contributed by atoms with van der Waals surface area (Å²) in [4.78, 5) is 15.9. The van der Waals surface area contributed by atoms with Gasteiger partial charge in [-0.2, -0.15) is 0 Å². The molecule has 0 spiro atoms. The number of hydrogen-bond acceptors (Lipinski definition) is 4. The minimum Gasteiger partial charge on any atom is -0.478 e. The van der Waals surface area contributed by atoms with Crippen LogP contribution in [0.5, 0.6) is 0 Å². The van der Waals surface area contributed by atoms with Crippen molar-refractivity contribution in [1.82, 2.24) is 4.98 Å². The van der Waals surface area contributed by atoms with Crippen LogP contribution in [-0.4, -0.2) is 34.5 Å². The summed E-state index contributed by atoms with van der Waals surface area (Å²) in [6.07, 6.45) is 2.45. The van der Waals surface area contributed by atoms with Crippen molar-refractivity contribution in [3.05, 3.63) is 35.9 Å². The van der Waals surface area contributed by atoms with E-state index in [2.05, 4.69) is 4.98 Å². The van der Waals surface area contributed by atoms with Crippen molar-refractivity contribution in [3.8, 4) is 0 Å². The molecule has 1 saturated heterocycles. The zero-order valence-corrected chi connectivity index (χ0v) is 11.7. The average Bonchev–Trinajstić information content (AvgIpc) is 2.97. The fraction of sp³-hybridized carbons (Fsp3) is 0.333. The Hall–Kier alpha value is -1.59. The number of fused-ring (bicyclic) bond motifs is 1. The number of benzene rings is 1. The molecular formula is C15H15NO3S. The molecule has 0 amide bonds. The van der Waals surface area contributed by atoms with Crippen molar-refractivity contribution in [2.24, 2.45) is 0 Å². The second-order valence-electron chi connectivity index (χ2n) is 4.78. The van der Waals surface area contributed by atoms with Crippen molar-refractivity contribution in [3.63, 3.8) is 0 Å². The Labute approximate surface area is 121 Å². The molecule has 3 rings (SSSR count). The maximum atomic E-state index is 11.4. The van der Waals surface area contributed by atoms with Gasteiger partial charge in [0.05, 0.1) is 22.2 Å². The molecular weight excluding hydrogens is 274 g/mol. The third kappa shape index (κ3) is 2.78. The molecule has 1 aliphatic rings. The van der Waals surface area contributed by atoms with Crippen LogP contribution in [0, 0.1) is 0 Å². The van der Waals surface area contributed by atoms with Crippen LogP contribution in [-0.2, 0) is 4.74 Å². The van der Waals surface area contributed by atoms with Gasteiger partial charge in [0.25, 0.3) is 0 Å². The highest BCUT2D eigenvalue weighted by molar-refractivity contribution is 7.99. The van der Waals surface area contributed by atoms with Crippen LogP contribution < -0.4 is 0 Å². The molecule has 1 fully saturated rings. The molecule has 2 heterocycles. The number of carboxylic acids is 1. The summed E-state index contributed by atoms with van der Waals surface area (Å²) < 4.78 is 5.57. The minimum absolute atomic E-state index is 0.265. The fourth-order valence-electron chi connectivity index (χ4n) is 2.36. The number of carboxylic acid groups (broad SMARTS) is 1. The van der Waals surface area contributed by atoms with Crippen molar-refractivity contribution in [2.45, 2.75) is 24.0 Å². The largest absolute Gasteiger partial charge is 0.478 e. The summed E-state index contributed by atoms with van der Waals surface area (Å²) in [5.74, 6) is -0.0905. The summed E-state index contributed by atoms with van der Waals surface area (Å²) in [6.45, 7) is 0.830. The quantitative estimate of drug-likeness (QED) is 0.876. The highest BCUT2D eigenvalue weighted by atomic mass is 32.2. The van der Waals surface area contributed by atoms with E-state index in [1.807, 2.05) is 18.2 Å². The van der Waals surface area contributed by atoms with E-state index >= 15 is 0 Å². The molecule has 1 aromatic heterocycles. The molecule has 20 heavy (non-hydrogen) atoms. The van der Waals surface area contributed by atoms with Gasteiger partial charge in [0.1, 0.15) is 0 Å². The van der Waals surface area contributed by atoms with Gasteiger partial charge in [-0.1, -0.05) is 18.2 Å². The number of pyridine rings is 1. The first-order valence-electron chi connectivity index (χ1n) is 6.61. The molecule has 0 bridgehead atoms. The summed E-state index contributed by atoms with van der Waals surface area (Å²) >= 11 is 1.56. The van der Waals surface area contributed by atoms with Crippen LogP contribution in [0.1, 0.15) is 23.2 Å². The standard InChI is InChI=1S/C15H15NO3S/c17-15(18)12-8-14(20-9-10-4-3-7-19-10)16-13-6-2-1-5-11(12)13/h1-2,5-6,8,10H,3-4,7,9H2,(H,17,18). The Bertz CT molecular complexity index is 638. The van der Waals surface area contributed by atoms with Crippen LogP contribution in [0.3, 0.4) is 0 Å². The first kappa shape index (κ1) is 13.4. The van der Waals surface area contributed by atoms with Gasteiger partial charge in [-0.25, -0.2) is 9.78 Å². The number of aromatic nitrogens is 1. The van der Waals surface area contributed by atoms with Crippen molar-refractivity contribution >= 4 is 28.6 Å². The van der Waals surface area contributed by atoms with Gasteiger partial charge in [-0.05, 0) is 25.0 Å². The smallest absolute Gasteiger partial charge is 0.336 e. The van der Waals surface area contributed by atoms with Gasteiger partial charge >= 0.3 is 5.97 Å². The third-order valence-electron chi connectivity index (χ3n) is 3.36. The third-order valence-corrected chi connectivity index (χ3v) is 4.41. The summed E-state index contributed by atoms with van der Waals surface area (Å²) in [5.41, 5.74) is 1.03. The fourth-order valence-corrected chi connectivity index (χ4v) is 3.34. The van der Waals surface area contributed by atoms with Gasteiger partial charge in [-0.15, -0.1) is 11.8 Å². The molecule has 4 nitrogen and oxygen atoms in total. The van der Waals surface area contributed by atoms with Crippen LogP contribution in [0.2, 0.25) is 0 Å². The first-order chi connectivity index (χ1) is 9.74. The number of ether oxygens (including phenoxy) is 1. The second-order valence-corrected chi connectivity index (χ2v) is 5.82. The van der Waals surface area contributed by atoms with E-state index in [4.69, 9.17) is 4.74 Å². The lowest BCUT2D eigenvalue weighted by atomic mass is 10.1. The van der Waals surface area contributed by atoms with Crippen LogP contribution in [0.4, 0.5) is 0 Å². The minimum atomic E-state index is -0.914. The molecule has 1 aliphatic heterocycles. The zero-order valence-electron chi connectivity index (χ0n) is 10.9. The van der Waals surface area contributed by atoms with Gasteiger partial charge in [-0.3, -0.25) is 0 Å². The van der Waals surface area contributed by atoms with Crippen LogP contribution in [0.15, 0.2) is 35.4 Å². The van der Waals surface area contributed by atoms with Gasteiger partial charge < -0.3 is 9.84 Å². The van der Waals surface area contributed by atoms with E-state index < -0.39 is 5.97 Å². The highest BCUT2D eigenvalue weighted by Gasteiger charge is 2.17. The van der Waals surface area contributed by atoms with E-state index in [-0.39, 0.29) is 6.10 Å². The number of para-hydroxylation sites is 1. The molecule has 2 aromatic rings. The van der Waals surface area contributed by atoms with Gasteiger partial charge in [0, 0.05) is 17.7 Å². The monoisotopic (exact) mass is 289 g/mol. The number of rotatable bonds is 4. The number of aromatic carboxylic acids is 1. The van der Waals surface area contributed by atoms with E-state index in [0.717, 1.165) is 35.7 Å². The van der Waals surface area contributed by atoms with E-state index in [1.165, 1.54) is 0 Å². The van der Waals surface area contributed by atoms with Gasteiger partial charge in [0.15, 0.2) is 0 Å². The van der Waals surface area contributed by atoms with Crippen LogP contribution in [0.25, 0.3) is 10.9 Å². The molecule has 0 radical (unpaired) electrons. The first-order valence-corrected chi connectivity index (χ1v) is 7.60. The van der Waals surface area contributed by atoms with Crippen molar-refractivity contribution in [2.75, 3.05) is 12.4 Å². The molecule has 5 heteroatoms. The lowest BCUT2D eigenvalue weighted by Gasteiger charge is -2.10. The molecule has 0 saturated carbocycles. The highest BCUT2D eigenvalue weighted by Crippen LogP contribution is 2.26. The van der Waals surface area contributed by atoms with E-state index in [9.17, 15) is 9.90 Å². The normalized spacial score (nSPS) is 18.5. The summed E-state index contributed by atoms with van der Waals surface area (Å²) in [6, 6.07) is 8.99. The van der Waals surface area contributed by atoms with E-state index in [0.29, 0.717) is 10.9 Å². The van der Waals surface area contributed by atoms with E-state index in [1.54, 1.807) is 23.9 Å². The number of nitrogens with zero attached hydrogens (tertiary/aromatic N) is 1. The Morgan fingerprint density at radius 1 is 1.45 bits per heavy atom. The Kier molecular flexibility index (Phi) is 3.89. The zero-order chi connectivity index (χ0) is 13.9. The molecule has 1 N–H and O–H groups in total. The topological polar surface area (TPSA) is 59.4 Å². The van der Waals surface area contributed by atoms with Crippen molar-refractivity contribution < 1.29 is 14.6 Å². The molecule has 104 valence electrons. The molecule has 1 atom stereocenters. The van der Waals surface area contributed by atoms with Crippen LogP contribution >= 0.6 is 11.8 Å². The van der Waals surface area contributed by atoms with Gasteiger partial charge in [0.2, 0.25) is 0 Å². The maximum Gasteiger partial charge on any atom is 0.336 e. The van der Waals surface area contributed by atoms with Crippen molar-refractivity contribution in [1.29, 1.82) is 0 Å². The molecule has 0 aliphatic carbocycles. The maximum absolute atomic E-state index is 11.4.